The van der Waals surface area contributed by atoms with Crippen molar-refractivity contribution in [3.63, 3.8) is 0 Å². The molecule has 0 heterocycles. The molecule has 2 fully saturated rings. The fraction of sp³-hybridized carbons (Fsp3) is 1.00. The Bertz CT molecular complexity index is 208. The van der Waals surface area contributed by atoms with Gasteiger partial charge >= 0.3 is 0 Å². The molecule has 0 saturated heterocycles. The van der Waals surface area contributed by atoms with Crippen molar-refractivity contribution in [1.29, 1.82) is 0 Å². The van der Waals surface area contributed by atoms with Crippen molar-refractivity contribution in [2.75, 3.05) is 20.2 Å². The molecule has 3 nitrogen and oxygen atoms in total. The first-order valence-electron chi connectivity index (χ1n) is 6.74. The lowest BCUT2D eigenvalue weighted by Crippen LogP contribution is -2.50. The van der Waals surface area contributed by atoms with E-state index in [0.29, 0.717) is 17.6 Å². The van der Waals surface area contributed by atoms with E-state index in [9.17, 15) is 0 Å². The quantitative estimate of drug-likeness (QED) is 0.749. The summed E-state index contributed by atoms with van der Waals surface area (Å²) >= 11 is 0. The maximum absolute atomic E-state index is 5.97. The fourth-order valence-electron chi connectivity index (χ4n) is 3.04. The van der Waals surface area contributed by atoms with Crippen LogP contribution in [0.2, 0.25) is 0 Å². The molecule has 0 amide bonds. The average molecular weight is 226 g/mol. The van der Waals surface area contributed by atoms with E-state index in [-0.39, 0.29) is 0 Å². The molecular weight excluding hydrogens is 200 g/mol. The molecular formula is C13H26N2O. The lowest BCUT2D eigenvalue weighted by molar-refractivity contribution is 0.0128. The highest BCUT2D eigenvalue weighted by Gasteiger charge is 2.34. The second kappa shape index (κ2) is 5.48. The van der Waals surface area contributed by atoms with E-state index < -0.39 is 0 Å². The van der Waals surface area contributed by atoms with Crippen molar-refractivity contribution in [2.24, 2.45) is 11.1 Å². The molecule has 16 heavy (non-hydrogen) atoms. The van der Waals surface area contributed by atoms with Crippen LogP contribution in [0.3, 0.4) is 0 Å². The first kappa shape index (κ1) is 12.3. The molecule has 2 rings (SSSR count). The van der Waals surface area contributed by atoms with Crippen LogP contribution in [0.25, 0.3) is 0 Å². The Morgan fingerprint density at radius 1 is 1.25 bits per heavy atom. The number of hydrogen-bond donors (Lipinski definition) is 2. The van der Waals surface area contributed by atoms with E-state index in [1.165, 1.54) is 44.9 Å². The molecule has 0 aromatic heterocycles. The minimum absolute atomic E-state index is 0.399. The van der Waals surface area contributed by atoms with Gasteiger partial charge in [0, 0.05) is 19.7 Å². The van der Waals surface area contributed by atoms with Gasteiger partial charge in [0.1, 0.15) is 0 Å². The van der Waals surface area contributed by atoms with Crippen molar-refractivity contribution in [3.8, 4) is 0 Å². The van der Waals surface area contributed by atoms with Gasteiger partial charge in [0.2, 0.25) is 0 Å². The van der Waals surface area contributed by atoms with Crippen LogP contribution in [0, 0.1) is 5.41 Å². The summed E-state index contributed by atoms with van der Waals surface area (Å²) in [4.78, 5) is 0. The van der Waals surface area contributed by atoms with Gasteiger partial charge < -0.3 is 15.8 Å². The first-order chi connectivity index (χ1) is 7.78. The third kappa shape index (κ3) is 2.76. The van der Waals surface area contributed by atoms with Gasteiger partial charge in [-0.3, -0.25) is 0 Å². The normalized spacial score (nSPS) is 33.4. The molecule has 2 aliphatic rings. The third-order valence-electron chi connectivity index (χ3n) is 4.54. The van der Waals surface area contributed by atoms with Gasteiger partial charge in [0.25, 0.3) is 0 Å². The molecule has 0 atom stereocenters. The lowest BCUT2D eigenvalue weighted by Gasteiger charge is -2.41. The summed E-state index contributed by atoms with van der Waals surface area (Å²) in [5.41, 5.74) is 6.37. The number of nitrogens with one attached hydrogen (secondary N) is 1. The minimum Gasteiger partial charge on any atom is -0.381 e. The van der Waals surface area contributed by atoms with Gasteiger partial charge in [-0.15, -0.1) is 0 Å². The Kier molecular flexibility index (Phi) is 4.22. The molecule has 2 saturated carbocycles. The summed E-state index contributed by atoms with van der Waals surface area (Å²) < 4.78 is 5.29. The Balaban J connectivity index is 1.71. The van der Waals surface area contributed by atoms with Gasteiger partial charge in [-0.05, 0) is 37.6 Å². The number of methoxy groups -OCH3 is 1. The van der Waals surface area contributed by atoms with Crippen LogP contribution in [0.4, 0.5) is 0 Å². The Labute approximate surface area is 99.1 Å². The van der Waals surface area contributed by atoms with Gasteiger partial charge in [-0.1, -0.05) is 19.3 Å². The predicted molar refractivity (Wildman–Crippen MR) is 66.4 cm³/mol. The van der Waals surface area contributed by atoms with E-state index in [1.54, 1.807) is 0 Å². The second-order valence-electron chi connectivity index (χ2n) is 5.67. The van der Waals surface area contributed by atoms with Crippen LogP contribution in [0.15, 0.2) is 0 Å². The van der Waals surface area contributed by atoms with Gasteiger partial charge in [-0.25, -0.2) is 0 Å². The topological polar surface area (TPSA) is 47.3 Å². The second-order valence-corrected chi connectivity index (χ2v) is 5.67. The number of ether oxygens (including phenoxy) is 1. The van der Waals surface area contributed by atoms with E-state index in [2.05, 4.69) is 5.32 Å². The van der Waals surface area contributed by atoms with Gasteiger partial charge in [0.05, 0.1) is 6.10 Å². The van der Waals surface area contributed by atoms with Crippen LogP contribution in [0.1, 0.15) is 44.9 Å². The Morgan fingerprint density at radius 2 is 1.94 bits per heavy atom. The van der Waals surface area contributed by atoms with Crippen molar-refractivity contribution in [1.82, 2.24) is 5.32 Å². The van der Waals surface area contributed by atoms with Crippen LogP contribution in [0.5, 0.6) is 0 Å². The summed E-state index contributed by atoms with van der Waals surface area (Å²) in [7, 11) is 1.81. The van der Waals surface area contributed by atoms with Gasteiger partial charge in [0.15, 0.2) is 0 Å². The zero-order valence-corrected chi connectivity index (χ0v) is 10.5. The zero-order valence-electron chi connectivity index (χ0n) is 10.5. The van der Waals surface area contributed by atoms with Crippen molar-refractivity contribution in [3.05, 3.63) is 0 Å². The summed E-state index contributed by atoms with van der Waals surface area (Å²) in [5.74, 6) is 0. The van der Waals surface area contributed by atoms with Crippen LogP contribution in [-0.4, -0.2) is 32.3 Å². The molecule has 0 unspecified atom stereocenters. The molecule has 0 aromatic carbocycles. The largest absolute Gasteiger partial charge is 0.381 e. The van der Waals surface area contributed by atoms with Crippen molar-refractivity contribution in [2.45, 2.75) is 57.1 Å². The molecule has 0 aromatic rings. The van der Waals surface area contributed by atoms with E-state index >= 15 is 0 Å². The van der Waals surface area contributed by atoms with E-state index in [1.807, 2.05) is 7.11 Å². The zero-order chi connectivity index (χ0) is 11.4. The molecule has 0 aliphatic heterocycles. The van der Waals surface area contributed by atoms with E-state index in [4.69, 9.17) is 10.5 Å². The molecule has 94 valence electrons. The summed E-state index contributed by atoms with van der Waals surface area (Å²) in [5, 5.41) is 3.68. The highest BCUT2D eigenvalue weighted by molar-refractivity contribution is 4.91. The van der Waals surface area contributed by atoms with Crippen molar-refractivity contribution >= 4 is 0 Å². The number of hydrogen-bond acceptors (Lipinski definition) is 3. The first-order valence-corrected chi connectivity index (χ1v) is 6.74. The fourth-order valence-corrected chi connectivity index (χ4v) is 3.04. The molecule has 2 aliphatic carbocycles. The number of nitrogens with two attached hydrogens (primary N) is 1. The van der Waals surface area contributed by atoms with Crippen molar-refractivity contribution < 1.29 is 4.74 Å². The highest BCUT2D eigenvalue weighted by atomic mass is 16.5. The Hall–Kier alpha value is -0.120. The smallest absolute Gasteiger partial charge is 0.0601 e. The van der Waals surface area contributed by atoms with Crippen LogP contribution < -0.4 is 11.1 Å². The molecule has 0 spiro atoms. The van der Waals surface area contributed by atoms with Crippen LogP contribution >= 0.6 is 0 Å². The van der Waals surface area contributed by atoms with Gasteiger partial charge in [-0.2, -0.15) is 0 Å². The molecule has 3 heteroatoms. The number of rotatable bonds is 5. The monoisotopic (exact) mass is 226 g/mol. The summed E-state index contributed by atoms with van der Waals surface area (Å²) in [6.07, 6.45) is 9.62. The standard InChI is InChI=1S/C13H26N2O/c1-16-12-7-11(8-12)15-10-13(9-14)5-3-2-4-6-13/h11-12,15H,2-10,14H2,1H3. The van der Waals surface area contributed by atoms with E-state index in [0.717, 1.165) is 13.1 Å². The molecule has 3 N–H and O–H groups in total. The predicted octanol–water partition coefficient (Wildman–Crippen LogP) is 1.66. The SMILES string of the molecule is COC1CC(NCC2(CN)CCCCC2)C1. The molecule has 0 radical (unpaired) electrons. The van der Waals surface area contributed by atoms with Crippen LogP contribution in [-0.2, 0) is 4.74 Å². The summed E-state index contributed by atoms with van der Waals surface area (Å²) in [6, 6.07) is 0.676. The molecule has 0 bridgehead atoms. The highest BCUT2D eigenvalue weighted by Crippen LogP contribution is 2.35. The maximum atomic E-state index is 5.97. The third-order valence-corrected chi connectivity index (χ3v) is 4.54. The maximum Gasteiger partial charge on any atom is 0.0601 e. The average Bonchev–Trinajstić information content (AvgIpc) is 2.29. The minimum atomic E-state index is 0.399. The Morgan fingerprint density at radius 3 is 2.50 bits per heavy atom. The summed E-state index contributed by atoms with van der Waals surface area (Å²) in [6.45, 7) is 1.96. The lowest BCUT2D eigenvalue weighted by atomic mass is 9.73.